The first-order valence-corrected chi connectivity index (χ1v) is 2.44. The third-order valence-electron chi connectivity index (χ3n) is 0.755. The minimum Gasteiger partial charge on any atom is -0.350 e. The van der Waals surface area contributed by atoms with Gasteiger partial charge in [-0.2, -0.15) is 0 Å². The number of primary amides is 1. The van der Waals surface area contributed by atoms with Crippen molar-refractivity contribution in [2.75, 3.05) is 5.43 Å². The predicted molar refractivity (Wildman–Crippen MR) is 31.9 cm³/mol. The van der Waals surface area contributed by atoms with Crippen molar-refractivity contribution in [3.05, 3.63) is 22.7 Å². The van der Waals surface area contributed by atoms with Gasteiger partial charge in [0.15, 0.2) is 0 Å². The number of aromatic nitrogens is 1. The van der Waals surface area contributed by atoms with Gasteiger partial charge in [-0.15, -0.1) is 4.85 Å². The summed E-state index contributed by atoms with van der Waals surface area (Å²) in [7, 11) is 0. The molecule has 0 saturated heterocycles. The molecule has 0 unspecified atom stereocenters. The summed E-state index contributed by atoms with van der Waals surface area (Å²) >= 11 is 0. The molecule has 6 nitrogen and oxygen atoms in total. The molecule has 3 N–H and O–H groups in total. The van der Waals surface area contributed by atoms with E-state index in [0.29, 0.717) is 0 Å². The predicted octanol–water partition coefficient (Wildman–Crippen LogP) is -0.937. The molecule has 0 spiro atoms. The summed E-state index contributed by atoms with van der Waals surface area (Å²) in [5, 5.41) is 0. The second-order valence-electron chi connectivity index (χ2n) is 1.53. The second kappa shape index (κ2) is 2.26. The average molecular weight is 143 g/mol. The van der Waals surface area contributed by atoms with Crippen LogP contribution < -0.4 is 16.8 Å². The van der Waals surface area contributed by atoms with E-state index in [1.807, 2.05) is 5.43 Å². The number of carbonyl (C=O) groups is 1. The summed E-state index contributed by atoms with van der Waals surface area (Å²) in [6.45, 7) is 0. The Morgan fingerprint density at radius 2 is 2.50 bits per heavy atom. The Kier molecular flexibility index (Phi) is 1.44. The number of nitrogens with two attached hydrogens (primary N) is 1. The van der Waals surface area contributed by atoms with Crippen LogP contribution in [-0.4, -0.2) is 10.9 Å². The third-order valence-corrected chi connectivity index (χ3v) is 0.755. The number of hydrogen-bond donors (Lipinski definition) is 2. The molecule has 2 amide bonds. The van der Waals surface area contributed by atoms with Crippen LogP contribution in [0.15, 0.2) is 21.6 Å². The van der Waals surface area contributed by atoms with E-state index in [0.717, 1.165) is 10.9 Å². The Morgan fingerprint density at radius 1 is 1.80 bits per heavy atom. The summed E-state index contributed by atoms with van der Waals surface area (Å²) in [6.07, 6.45) is 1.24. The minimum atomic E-state index is -0.792. The van der Waals surface area contributed by atoms with Crippen molar-refractivity contribution < 1.29 is 9.32 Å². The Balaban J connectivity index is 2.76. The van der Waals surface area contributed by atoms with Crippen molar-refractivity contribution in [1.29, 1.82) is 0 Å². The van der Waals surface area contributed by atoms with Crippen molar-refractivity contribution in [2.45, 2.75) is 0 Å². The van der Waals surface area contributed by atoms with E-state index in [2.05, 4.69) is 4.52 Å². The molecule has 0 fully saturated rings. The van der Waals surface area contributed by atoms with E-state index in [4.69, 9.17) is 5.73 Å². The van der Waals surface area contributed by atoms with Crippen LogP contribution in [0.2, 0.25) is 0 Å². The molecular weight excluding hydrogens is 138 g/mol. The summed E-state index contributed by atoms with van der Waals surface area (Å²) in [5.41, 5.74) is 6.17. The van der Waals surface area contributed by atoms with Crippen molar-refractivity contribution in [3.8, 4) is 0 Å². The van der Waals surface area contributed by atoms with E-state index in [1.54, 1.807) is 0 Å². The van der Waals surface area contributed by atoms with Crippen molar-refractivity contribution in [2.24, 2.45) is 5.73 Å². The standard InChI is InChI=1S/C4H5N3O3/c5-4(9)6-7-2-1-3(8)10-7/h1-2H,(H3,5,6,9). The van der Waals surface area contributed by atoms with Gasteiger partial charge in [-0.1, -0.05) is 0 Å². The quantitative estimate of drug-likeness (QED) is 0.531. The molecule has 1 aromatic heterocycles. The molecule has 1 heterocycles. The summed E-state index contributed by atoms with van der Waals surface area (Å²) in [5.74, 6) is 0. The summed E-state index contributed by atoms with van der Waals surface area (Å²) in [4.78, 5) is 21.2. The van der Waals surface area contributed by atoms with Gasteiger partial charge in [0.1, 0.15) is 0 Å². The van der Waals surface area contributed by atoms with Gasteiger partial charge in [0, 0.05) is 6.07 Å². The lowest BCUT2D eigenvalue weighted by molar-refractivity contribution is 0.242. The molecule has 0 aliphatic rings. The lowest BCUT2D eigenvalue weighted by Crippen LogP contribution is -2.27. The molecular formula is C4H5N3O3. The first-order valence-electron chi connectivity index (χ1n) is 2.44. The molecule has 0 atom stereocenters. The molecule has 10 heavy (non-hydrogen) atoms. The smallest absolute Gasteiger partial charge is 0.350 e. The highest BCUT2D eigenvalue weighted by Crippen LogP contribution is 1.75. The highest BCUT2D eigenvalue weighted by atomic mass is 16.5. The normalized spacial score (nSPS) is 9.20. The maximum absolute atomic E-state index is 10.3. The van der Waals surface area contributed by atoms with E-state index in [1.165, 1.54) is 6.20 Å². The maximum Gasteiger partial charge on any atom is 0.360 e. The van der Waals surface area contributed by atoms with Crippen molar-refractivity contribution in [3.63, 3.8) is 0 Å². The number of nitrogens with one attached hydrogen (secondary N) is 1. The van der Waals surface area contributed by atoms with Crippen LogP contribution >= 0.6 is 0 Å². The molecule has 1 aromatic rings. The van der Waals surface area contributed by atoms with Gasteiger partial charge in [0.25, 0.3) is 0 Å². The molecule has 0 aromatic carbocycles. The van der Waals surface area contributed by atoms with Crippen LogP contribution in [0.3, 0.4) is 0 Å². The minimum absolute atomic E-state index is 0.547. The van der Waals surface area contributed by atoms with E-state index < -0.39 is 11.7 Å². The monoisotopic (exact) mass is 143 g/mol. The Morgan fingerprint density at radius 3 is 2.90 bits per heavy atom. The number of urea groups is 1. The molecule has 0 saturated carbocycles. The second-order valence-corrected chi connectivity index (χ2v) is 1.53. The molecule has 1 rings (SSSR count). The summed E-state index contributed by atoms with van der Waals surface area (Å²) in [6, 6.07) is 0.356. The topological polar surface area (TPSA) is 90.3 Å². The molecule has 0 aliphatic carbocycles. The number of rotatable bonds is 1. The zero-order valence-electron chi connectivity index (χ0n) is 4.90. The first kappa shape index (κ1) is 6.40. The van der Waals surface area contributed by atoms with Gasteiger partial charge in [-0.05, 0) is 0 Å². The van der Waals surface area contributed by atoms with E-state index >= 15 is 0 Å². The van der Waals surface area contributed by atoms with Gasteiger partial charge < -0.3 is 10.3 Å². The molecule has 0 radical (unpaired) electrons. The SMILES string of the molecule is NC(=O)Nn1ccc(=O)o1. The van der Waals surface area contributed by atoms with E-state index in [-0.39, 0.29) is 0 Å². The van der Waals surface area contributed by atoms with Crippen LogP contribution in [0.25, 0.3) is 0 Å². The Hall–Kier alpha value is -1.72. The van der Waals surface area contributed by atoms with Gasteiger partial charge in [0.05, 0.1) is 6.20 Å². The van der Waals surface area contributed by atoms with Gasteiger partial charge in [-0.3, -0.25) is 0 Å². The Bertz CT molecular complexity index is 286. The van der Waals surface area contributed by atoms with Crippen LogP contribution in [0.5, 0.6) is 0 Å². The zero-order chi connectivity index (χ0) is 7.56. The van der Waals surface area contributed by atoms with Crippen LogP contribution in [-0.2, 0) is 0 Å². The maximum atomic E-state index is 10.3. The molecule has 0 bridgehead atoms. The van der Waals surface area contributed by atoms with Gasteiger partial charge in [-0.25, -0.2) is 15.0 Å². The molecule has 6 heteroatoms. The number of hydrogen-bond acceptors (Lipinski definition) is 3. The highest BCUT2D eigenvalue weighted by molar-refractivity contribution is 5.79. The Labute approximate surface area is 55.2 Å². The zero-order valence-corrected chi connectivity index (χ0v) is 4.90. The van der Waals surface area contributed by atoms with Gasteiger partial charge >= 0.3 is 11.7 Å². The number of nitrogens with zero attached hydrogens (tertiary/aromatic N) is 1. The molecule has 54 valence electrons. The fraction of sp³-hybridized carbons (Fsp3) is 0. The molecule has 0 aliphatic heterocycles. The third kappa shape index (κ3) is 1.38. The average Bonchev–Trinajstić information content (AvgIpc) is 2.13. The lowest BCUT2D eigenvalue weighted by atomic mass is 10.8. The van der Waals surface area contributed by atoms with Crippen LogP contribution in [0, 0.1) is 0 Å². The fourth-order valence-corrected chi connectivity index (χ4v) is 0.455. The van der Waals surface area contributed by atoms with Gasteiger partial charge in [0.2, 0.25) is 0 Å². The van der Waals surface area contributed by atoms with Crippen molar-refractivity contribution >= 4 is 6.03 Å². The number of carbonyl (C=O) groups excluding carboxylic acids is 1. The van der Waals surface area contributed by atoms with Crippen LogP contribution in [0.1, 0.15) is 0 Å². The summed E-state index contributed by atoms with van der Waals surface area (Å²) < 4.78 is 4.34. The fourth-order valence-electron chi connectivity index (χ4n) is 0.455. The highest BCUT2D eigenvalue weighted by Gasteiger charge is 1.94. The van der Waals surface area contributed by atoms with Crippen LogP contribution in [0.4, 0.5) is 4.79 Å². The van der Waals surface area contributed by atoms with Crippen molar-refractivity contribution in [1.82, 2.24) is 4.85 Å². The lowest BCUT2D eigenvalue weighted by Gasteiger charge is -1.95. The van der Waals surface area contributed by atoms with E-state index in [9.17, 15) is 9.59 Å². The largest absolute Gasteiger partial charge is 0.360 e. The first-order chi connectivity index (χ1) is 4.68. The number of amides is 2.